The van der Waals surface area contributed by atoms with Crippen LogP contribution in [0.15, 0.2) is 65.9 Å². The molecule has 1 aromatic heterocycles. The van der Waals surface area contributed by atoms with Crippen molar-refractivity contribution < 1.29 is 9.53 Å². The van der Waals surface area contributed by atoms with Gasteiger partial charge in [-0.05, 0) is 23.5 Å². The quantitative estimate of drug-likeness (QED) is 0.628. The zero-order valence-corrected chi connectivity index (χ0v) is 17.5. The Balaban J connectivity index is 1.78. The summed E-state index contributed by atoms with van der Waals surface area (Å²) in [5, 5.41) is 11.3. The average Bonchev–Trinajstić information content (AvgIpc) is 3.15. The highest BCUT2D eigenvalue weighted by Gasteiger charge is 2.43. The summed E-state index contributed by atoms with van der Waals surface area (Å²) >= 11 is 0. The molecule has 0 bridgehead atoms. The van der Waals surface area contributed by atoms with E-state index in [-0.39, 0.29) is 17.1 Å². The number of nitrogens with one attached hydrogen (secondary N) is 2. The van der Waals surface area contributed by atoms with Gasteiger partial charge in [0.25, 0.3) is 0 Å². The van der Waals surface area contributed by atoms with Crippen LogP contribution in [0.1, 0.15) is 43.7 Å². The number of methoxy groups -OCH3 is 1. The highest BCUT2D eigenvalue weighted by molar-refractivity contribution is 6.02. The van der Waals surface area contributed by atoms with E-state index in [1.807, 2.05) is 36.4 Å². The van der Waals surface area contributed by atoms with Gasteiger partial charge in [-0.3, -0.25) is 9.89 Å². The van der Waals surface area contributed by atoms with Crippen LogP contribution in [0.3, 0.4) is 0 Å². The number of ether oxygens (including phenoxy) is 1. The summed E-state index contributed by atoms with van der Waals surface area (Å²) in [7, 11) is 1.68. The molecule has 3 aromatic rings. The summed E-state index contributed by atoms with van der Waals surface area (Å²) in [6, 6.07) is 18.1. The van der Waals surface area contributed by atoms with E-state index in [0.717, 1.165) is 51.6 Å². The largest absolute Gasteiger partial charge is 0.496 e. The van der Waals surface area contributed by atoms with Crippen LogP contribution in [0.2, 0.25) is 0 Å². The summed E-state index contributed by atoms with van der Waals surface area (Å²) in [6.45, 7) is 4.29. The van der Waals surface area contributed by atoms with Gasteiger partial charge in [-0.1, -0.05) is 62.4 Å². The molecule has 1 aliphatic carbocycles. The number of carbonyl (C=O) groups is 1. The maximum Gasteiger partial charge on any atom is 0.162 e. The third kappa shape index (κ3) is 2.93. The van der Waals surface area contributed by atoms with Crippen LogP contribution in [-0.4, -0.2) is 23.1 Å². The smallest absolute Gasteiger partial charge is 0.162 e. The number of rotatable bonds is 3. The first-order chi connectivity index (χ1) is 14.5. The molecule has 2 aliphatic rings. The Morgan fingerprint density at radius 2 is 1.77 bits per heavy atom. The number of aromatic nitrogens is 2. The van der Waals surface area contributed by atoms with Gasteiger partial charge in [-0.25, -0.2) is 0 Å². The van der Waals surface area contributed by atoms with Crippen molar-refractivity contribution in [3.8, 4) is 17.0 Å². The number of allylic oxidation sites excluding steroid dienone is 2. The minimum absolute atomic E-state index is 0.0791. The summed E-state index contributed by atoms with van der Waals surface area (Å²) in [5.41, 5.74) is 5.69. The first-order valence-electron chi connectivity index (χ1n) is 10.3. The number of ketones is 1. The Morgan fingerprint density at radius 3 is 2.53 bits per heavy atom. The maximum atomic E-state index is 13.4. The molecular formula is C25H25N3O2. The lowest BCUT2D eigenvalue weighted by Gasteiger charge is -2.38. The van der Waals surface area contributed by atoms with Crippen molar-refractivity contribution in [3.63, 3.8) is 0 Å². The molecular weight excluding hydrogens is 374 g/mol. The van der Waals surface area contributed by atoms with Crippen LogP contribution in [0, 0.1) is 5.41 Å². The zero-order valence-electron chi connectivity index (χ0n) is 17.5. The third-order valence-electron chi connectivity index (χ3n) is 6.08. The predicted octanol–water partition coefficient (Wildman–Crippen LogP) is 5.29. The first kappa shape index (κ1) is 18.7. The van der Waals surface area contributed by atoms with E-state index in [9.17, 15) is 4.79 Å². The van der Waals surface area contributed by atoms with Crippen LogP contribution in [0.25, 0.3) is 11.3 Å². The van der Waals surface area contributed by atoms with Crippen molar-refractivity contribution in [3.05, 3.63) is 77.0 Å². The van der Waals surface area contributed by atoms with Gasteiger partial charge in [0.2, 0.25) is 0 Å². The van der Waals surface area contributed by atoms with Gasteiger partial charge in [0.05, 0.1) is 12.8 Å². The minimum Gasteiger partial charge on any atom is -0.496 e. The van der Waals surface area contributed by atoms with Gasteiger partial charge in [-0.15, -0.1) is 0 Å². The van der Waals surface area contributed by atoms with Crippen molar-refractivity contribution in [2.75, 3.05) is 12.4 Å². The molecule has 0 fully saturated rings. The lowest BCUT2D eigenvalue weighted by molar-refractivity contribution is -0.118. The number of hydrogen-bond donors (Lipinski definition) is 2. The van der Waals surface area contributed by atoms with Gasteiger partial charge in [0, 0.05) is 34.7 Å². The van der Waals surface area contributed by atoms with Gasteiger partial charge in [0.15, 0.2) is 11.6 Å². The van der Waals surface area contributed by atoms with E-state index in [1.54, 1.807) is 7.11 Å². The van der Waals surface area contributed by atoms with E-state index in [2.05, 4.69) is 47.6 Å². The Kier molecular flexibility index (Phi) is 4.28. The van der Waals surface area contributed by atoms with Crippen LogP contribution >= 0.6 is 0 Å². The number of fused-ring (bicyclic) bond motifs is 1. The maximum absolute atomic E-state index is 13.4. The zero-order chi connectivity index (χ0) is 20.9. The van der Waals surface area contributed by atoms with E-state index >= 15 is 0 Å². The van der Waals surface area contributed by atoms with Gasteiger partial charge >= 0.3 is 0 Å². The van der Waals surface area contributed by atoms with Gasteiger partial charge < -0.3 is 10.1 Å². The summed E-state index contributed by atoms with van der Waals surface area (Å²) in [4.78, 5) is 13.4. The Hall–Kier alpha value is -3.34. The van der Waals surface area contributed by atoms with Crippen LogP contribution < -0.4 is 10.1 Å². The number of hydrogen-bond acceptors (Lipinski definition) is 4. The van der Waals surface area contributed by atoms with Crippen molar-refractivity contribution in [2.45, 2.75) is 32.6 Å². The average molecular weight is 399 g/mol. The SMILES string of the molecule is COc1ccccc1[C@H]1C2=C(CC(C)(C)CC2=O)Nc2n[nH]c(-c3ccccc3)c21. The number of H-pyrrole nitrogens is 1. The Bertz CT molecular complexity index is 1160. The van der Waals surface area contributed by atoms with Crippen molar-refractivity contribution >= 4 is 11.6 Å². The number of para-hydroxylation sites is 1. The van der Waals surface area contributed by atoms with Crippen molar-refractivity contribution in [1.82, 2.24) is 10.2 Å². The summed E-state index contributed by atoms with van der Waals surface area (Å²) < 4.78 is 5.71. The fraction of sp³-hybridized carbons (Fsp3) is 0.280. The second-order valence-corrected chi connectivity index (χ2v) is 8.86. The first-order valence-corrected chi connectivity index (χ1v) is 10.3. The van der Waals surface area contributed by atoms with Gasteiger partial charge in [-0.2, -0.15) is 5.10 Å². The number of anilines is 1. The number of Topliss-reactive ketones (excluding diaryl/α,β-unsaturated/α-hetero) is 1. The van der Waals surface area contributed by atoms with Crippen LogP contribution in [0.4, 0.5) is 5.82 Å². The lowest BCUT2D eigenvalue weighted by Crippen LogP contribution is -2.33. The molecule has 2 aromatic carbocycles. The van der Waals surface area contributed by atoms with E-state index in [1.165, 1.54) is 0 Å². The lowest BCUT2D eigenvalue weighted by atomic mass is 9.68. The summed E-state index contributed by atoms with van der Waals surface area (Å²) in [6.07, 6.45) is 1.35. The molecule has 0 amide bonds. The molecule has 152 valence electrons. The van der Waals surface area contributed by atoms with E-state index in [0.29, 0.717) is 6.42 Å². The normalized spacial score (nSPS) is 19.7. The Labute approximate surface area is 176 Å². The second kappa shape index (κ2) is 6.87. The minimum atomic E-state index is -0.232. The van der Waals surface area contributed by atoms with E-state index < -0.39 is 0 Å². The molecule has 2 N–H and O–H groups in total. The molecule has 0 radical (unpaired) electrons. The molecule has 1 atom stereocenters. The molecule has 0 saturated carbocycles. The molecule has 0 unspecified atom stereocenters. The molecule has 1 aliphatic heterocycles. The van der Waals surface area contributed by atoms with Gasteiger partial charge in [0.1, 0.15) is 5.75 Å². The predicted molar refractivity (Wildman–Crippen MR) is 118 cm³/mol. The number of carbonyl (C=O) groups excluding carboxylic acids is 1. The van der Waals surface area contributed by atoms with Crippen LogP contribution in [0.5, 0.6) is 5.75 Å². The van der Waals surface area contributed by atoms with Crippen LogP contribution in [-0.2, 0) is 4.79 Å². The van der Waals surface area contributed by atoms with E-state index in [4.69, 9.17) is 4.74 Å². The van der Waals surface area contributed by atoms with Crippen molar-refractivity contribution in [2.24, 2.45) is 5.41 Å². The second-order valence-electron chi connectivity index (χ2n) is 8.86. The molecule has 30 heavy (non-hydrogen) atoms. The third-order valence-corrected chi connectivity index (χ3v) is 6.08. The molecule has 2 heterocycles. The molecule has 5 rings (SSSR count). The monoisotopic (exact) mass is 399 g/mol. The molecule has 0 spiro atoms. The highest BCUT2D eigenvalue weighted by atomic mass is 16.5. The molecule has 5 nitrogen and oxygen atoms in total. The van der Waals surface area contributed by atoms with Crippen molar-refractivity contribution in [1.29, 1.82) is 0 Å². The standard InChI is InChI=1S/C25H25N3O2/c1-25(2)13-17-21(18(29)14-25)20(16-11-7-8-12-19(16)30-3)22-23(27-28-24(22)26-17)15-9-5-4-6-10-15/h4-12,20H,13-14H2,1-3H3,(H2,26,27,28)/t20-/m0/s1. The molecule has 5 heteroatoms. The number of nitrogens with zero attached hydrogens (tertiary/aromatic N) is 1. The summed E-state index contributed by atoms with van der Waals surface area (Å²) in [5.74, 6) is 1.52. The fourth-order valence-electron chi connectivity index (χ4n) is 4.84. The molecule has 0 saturated heterocycles. The highest BCUT2D eigenvalue weighted by Crippen LogP contribution is 2.52. The number of aromatic amines is 1. The Morgan fingerprint density at radius 1 is 1.03 bits per heavy atom. The fourth-order valence-corrected chi connectivity index (χ4v) is 4.84. The topological polar surface area (TPSA) is 67.0 Å². The number of benzene rings is 2.